The standard InChI is InChI=1S/C28H33FN2O7/c1-2-3-13-4-6-31(7-5-13)12-15-10-18(32)21-17(23(15)29)9-14-8-16-11-19(33)22(27(30)37)26(36)28(16,38)25(35)20(14)24(21)34/h10,13-14,16,32-33,35,38H,2-9,11-12H2,1H3,(H2,30,37)/t14?,16-,28-/m0/s1. The molecule has 0 saturated carbocycles. The van der Waals surface area contributed by atoms with E-state index in [-0.39, 0.29) is 41.5 Å². The lowest BCUT2D eigenvalue weighted by atomic mass is 9.60. The second-order valence-electron chi connectivity index (χ2n) is 11.1. The highest BCUT2D eigenvalue weighted by Gasteiger charge is 2.59. The summed E-state index contributed by atoms with van der Waals surface area (Å²) >= 11 is 0. The van der Waals surface area contributed by atoms with Crippen LogP contribution in [-0.4, -0.2) is 61.5 Å². The zero-order valence-electron chi connectivity index (χ0n) is 21.3. The fourth-order valence-corrected chi connectivity index (χ4v) is 6.92. The number of phenols is 1. The summed E-state index contributed by atoms with van der Waals surface area (Å²) in [6.45, 7) is 4.10. The highest BCUT2D eigenvalue weighted by Crippen LogP contribution is 2.51. The smallest absolute Gasteiger partial charge is 0.255 e. The van der Waals surface area contributed by atoms with Crippen LogP contribution >= 0.6 is 0 Å². The Labute approximate surface area is 219 Å². The molecule has 38 heavy (non-hydrogen) atoms. The number of halogens is 1. The maximum absolute atomic E-state index is 15.8. The van der Waals surface area contributed by atoms with E-state index in [0.717, 1.165) is 32.4 Å². The molecule has 1 aliphatic heterocycles. The molecule has 9 nitrogen and oxygen atoms in total. The van der Waals surface area contributed by atoms with Crippen molar-refractivity contribution < 1.29 is 39.2 Å². The molecule has 3 aliphatic carbocycles. The number of aromatic hydroxyl groups is 1. The lowest BCUT2D eigenvalue weighted by Crippen LogP contribution is -2.57. The van der Waals surface area contributed by atoms with Crippen molar-refractivity contribution in [3.8, 4) is 5.75 Å². The third-order valence-corrected chi connectivity index (χ3v) is 8.87. The van der Waals surface area contributed by atoms with Crippen LogP contribution < -0.4 is 5.73 Å². The van der Waals surface area contributed by atoms with Gasteiger partial charge in [0.1, 0.15) is 28.7 Å². The summed E-state index contributed by atoms with van der Waals surface area (Å²) in [6.07, 6.45) is 3.97. The van der Waals surface area contributed by atoms with Crippen LogP contribution in [0.25, 0.3) is 0 Å². The Kier molecular flexibility index (Phi) is 6.59. The van der Waals surface area contributed by atoms with Crippen LogP contribution in [0.15, 0.2) is 28.7 Å². The molecule has 1 heterocycles. The topological polar surface area (TPSA) is 161 Å². The van der Waals surface area contributed by atoms with Gasteiger partial charge < -0.3 is 26.2 Å². The van der Waals surface area contributed by atoms with E-state index in [9.17, 15) is 34.8 Å². The van der Waals surface area contributed by atoms with Crippen LogP contribution in [0.1, 0.15) is 66.9 Å². The maximum atomic E-state index is 15.8. The molecule has 4 aliphatic rings. The number of piperidine rings is 1. The fraction of sp³-hybridized carbons (Fsp3) is 0.536. The number of benzene rings is 1. The molecule has 0 spiro atoms. The average Bonchev–Trinajstić information content (AvgIpc) is 2.85. The highest BCUT2D eigenvalue weighted by atomic mass is 19.1. The minimum absolute atomic E-state index is 0.0295. The average molecular weight is 529 g/mol. The van der Waals surface area contributed by atoms with Crippen molar-refractivity contribution in [1.82, 2.24) is 4.90 Å². The number of rotatable bonds is 5. The lowest BCUT2D eigenvalue weighted by molar-refractivity contribution is -0.144. The Bertz CT molecular complexity index is 1290. The van der Waals surface area contributed by atoms with Crippen LogP contribution in [0.2, 0.25) is 0 Å². The number of ketones is 2. The molecule has 1 saturated heterocycles. The molecule has 1 fully saturated rings. The summed E-state index contributed by atoms with van der Waals surface area (Å²) in [5.41, 5.74) is 1.47. The normalized spacial score (nSPS) is 28.3. The third-order valence-electron chi connectivity index (χ3n) is 8.87. The minimum atomic E-state index is -2.63. The van der Waals surface area contributed by atoms with Crippen molar-refractivity contribution in [3.63, 3.8) is 0 Å². The number of likely N-dealkylation sites (tertiary alicyclic amines) is 1. The van der Waals surface area contributed by atoms with Crippen LogP contribution in [0, 0.1) is 23.6 Å². The predicted molar refractivity (Wildman–Crippen MR) is 134 cm³/mol. The van der Waals surface area contributed by atoms with Gasteiger partial charge in [-0.1, -0.05) is 19.8 Å². The van der Waals surface area contributed by atoms with Gasteiger partial charge in [-0.2, -0.15) is 0 Å². The van der Waals surface area contributed by atoms with E-state index < -0.39 is 63.6 Å². The first-order valence-corrected chi connectivity index (χ1v) is 13.2. The van der Waals surface area contributed by atoms with Crippen molar-refractivity contribution in [1.29, 1.82) is 0 Å². The quantitative estimate of drug-likeness (QED) is 0.365. The SMILES string of the molecule is CCCC1CCN(Cc2cc(O)c3c(c2F)CC2C[C@H]4CC(O)=C(C(N)=O)C(=O)[C@@]4(O)C(O)=C2C3=O)CC1. The maximum Gasteiger partial charge on any atom is 0.255 e. The summed E-state index contributed by atoms with van der Waals surface area (Å²) in [5, 5.41) is 43.4. The predicted octanol–water partition coefficient (Wildman–Crippen LogP) is 2.73. The molecule has 0 radical (unpaired) electrons. The summed E-state index contributed by atoms with van der Waals surface area (Å²) < 4.78 is 15.8. The number of primary amides is 1. The summed E-state index contributed by atoms with van der Waals surface area (Å²) in [5.74, 6) is -7.12. The van der Waals surface area contributed by atoms with Gasteiger partial charge in [-0.05, 0) is 56.7 Å². The number of nitrogens with zero attached hydrogens (tertiary/aromatic N) is 1. The van der Waals surface area contributed by atoms with Crippen molar-refractivity contribution in [2.24, 2.45) is 23.5 Å². The zero-order valence-corrected chi connectivity index (χ0v) is 21.3. The number of amides is 1. The molecule has 1 aromatic carbocycles. The van der Waals surface area contributed by atoms with E-state index in [4.69, 9.17) is 5.73 Å². The van der Waals surface area contributed by atoms with Gasteiger partial charge in [0.25, 0.3) is 5.91 Å². The molecule has 0 aromatic heterocycles. The number of aliphatic hydroxyl groups is 3. The largest absolute Gasteiger partial charge is 0.511 e. The van der Waals surface area contributed by atoms with Gasteiger partial charge in [-0.15, -0.1) is 0 Å². The first kappa shape index (κ1) is 26.4. The van der Waals surface area contributed by atoms with Gasteiger partial charge >= 0.3 is 0 Å². The first-order chi connectivity index (χ1) is 18.0. The number of aliphatic hydroxyl groups excluding tert-OH is 2. The number of phenolic OH excluding ortho intramolecular Hbond substituents is 1. The number of nitrogens with two attached hydrogens (primary N) is 1. The number of carbonyl (C=O) groups excluding carboxylic acids is 3. The van der Waals surface area contributed by atoms with E-state index in [1.54, 1.807) is 0 Å². The number of Topliss-reactive ketones (excluding diaryl/α,β-unsaturated/α-hetero) is 2. The second-order valence-corrected chi connectivity index (χ2v) is 11.1. The van der Waals surface area contributed by atoms with Gasteiger partial charge in [0.15, 0.2) is 11.4 Å². The molecule has 1 unspecified atom stereocenters. The Hall–Kier alpha value is -3.24. The molecule has 6 N–H and O–H groups in total. The number of hydrogen-bond acceptors (Lipinski definition) is 8. The molecule has 0 bridgehead atoms. The zero-order chi connectivity index (χ0) is 27.5. The number of fused-ring (bicyclic) bond motifs is 3. The van der Waals surface area contributed by atoms with E-state index in [0.29, 0.717) is 12.5 Å². The van der Waals surface area contributed by atoms with Crippen LogP contribution in [0.5, 0.6) is 5.75 Å². The fourth-order valence-electron chi connectivity index (χ4n) is 6.92. The van der Waals surface area contributed by atoms with Crippen molar-refractivity contribution in [2.45, 2.75) is 64.0 Å². The highest BCUT2D eigenvalue weighted by molar-refractivity contribution is 6.24. The Morgan fingerprint density at radius 2 is 1.87 bits per heavy atom. The van der Waals surface area contributed by atoms with Gasteiger partial charge in [0, 0.05) is 35.6 Å². The van der Waals surface area contributed by atoms with Crippen LogP contribution in [-0.2, 0) is 22.6 Å². The van der Waals surface area contributed by atoms with E-state index in [1.165, 1.54) is 12.5 Å². The van der Waals surface area contributed by atoms with Gasteiger partial charge in [0.05, 0.1) is 5.56 Å². The first-order valence-electron chi connectivity index (χ1n) is 13.2. The van der Waals surface area contributed by atoms with Gasteiger partial charge in [-0.25, -0.2) is 4.39 Å². The number of hydrogen-bond donors (Lipinski definition) is 5. The molecule has 5 rings (SSSR count). The molecule has 3 atom stereocenters. The molecule has 1 aromatic rings. The van der Waals surface area contributed by atoms with Crippen molar-refractivity contribution >= 4 is 17.5 Å². The monoisotopic (exact) mass is 528 g/mol. The Balaban J connectivity index is 1.49. The lowest BCUT2D eigenvalue weighted by Gasteiger charge is -2.45. The van der Waals surface area contributed by atoms with Crippen molar-refractivity contribution in [2.75, 3.05) is 13.1 Å². The number of carbonyl (C=O) groups is 3. The molecular weight excluding hydrogens is 495 g/mol. The van der Waals surface area contributed by atoms with Gasteiger partial charge in [-0.3, -0.25) is 19.3 Å². The van der Waals surface area contributed by atoms with E-state index >= 15 is 4.39 Å². The molecule has 1 amide bonds. The van der Waals surface area contributed by atoms with E-state index in [2.05, 4.69) is 11.8 Å². The number of allylic oxidation sites excluding steroid dienone is 2. The summed E-state index contributed by atoms with van der Waals surface area (Å²) in [7, 11) is 0. The summed E-state index contributed by atoms with van der Waals surface area (Å²) in [4.78, 5) is 40.4. The molecule has 204 valence electrons. The summed E-state index contributed by atoms with van der Waals surface area (Å²) in [6, 6.07) is 1.24. The second kappa shape index (κ2) is 9.50. The van der Waals surface area contributed by atoms with Gasteiger partial charge in [0.2, 0.25) is 5.78 Å². The minimum Gasteiger partial charge on any atom is -0.511 e. The van der Waals surface area contributed by atoms with E-state index in [1.807, 2.05) is 0 Å². The Morgan fingerprint density at radius 3 is 2.50 bits per heavy atom. The molecule has 10 heteroatoms. The van der Waals surface area contributed by atoms with Crippen LogP contribution in [0.4, 0.5) is 4.39 Å². The van der Waals surface area contributed by atoms with Crippen LogP contribution in [0.3, 0.4) is 0 Å². The Morgan fingerprint density at radius 1 is 1.18 bits per heavy atom. The molecular formula is C28H33FN2O7. The van der Waals surface area contributed by atoms with Crippen molar-refractivity contribution in [3.05, 3.63) is 51.2 Å². The third kappa shape index (κ3) is 3.92.